The third-order valence-corrected chi connectivity index (χ3v) is 3.22. The second-order valence-electron chi connectivity index (χ2n) is 2.63. The molecule has 0 aliphatic rings. The molecule has 0 aliphatic heterocycles. The molecule has 0 fully saturated rings. The Balaban J connectivity index is 2.33. The van der Waals surface area contributed by atoms with Crippen LogP contribution in [0.2, 0.25) is 5.02 Å². The van der Waals surface area contributed by atoms with Gasteiger partial charge in [-0.3, -0.25) is 0 Å². The molecule has 1 atom stereocenters. The van der Waals surface area contributed by atoms with Crippen molar-refractivity contribution in [3.63, 3.8) is 0 Å². The van der Waals surface area contributed by atoms with Crippen LogP contribution in [0.5, 0.6) is 0 Å². The predicted octanol–water partition coefficient (Wildman–Crippen LogP) is 3.04. The zero-order valence-corrected chi connectivity index (χ0v) is 8.31. The zero-order chi connectivity index (χ0) is 9.26. The van der Waals surface area contributed by atoms with E-state index in [1.54, 1.807) is 6.26 Å². The third kappa shape index (κ3) is 1.63. The highest BCUT2D eigenvalue weighted by Crippen LogP contribution is 2.31. The van der Waals surface area contributed by atoms with Crippen molar-refractivity contribution in [3.8, 4) is 0 Å². The molecule has 2 rings (SSSR count). The molecule has 0 amide bonds. The first kappa shape index (κ1) is 8.81. The van der Waals surface area contributed by atoms with Gasteiger partial charge in [-0.25, -0.2) is 0 Å². The lowest BCUT2D eigenvalue weighted by Gasteiger charge is -2.05. The van der Waals surface area contributed by atoms with Crippen LogP contribution < -0.4 is 5.73 Å². The molecule has 2 aromatic rings. The normalized spacial score (nSPS) is 13.1. The Morgan fingerprint density at radius 2 is 2.31 bits per heavy atom. The summed E-state index contributed by atoms with van der Waals surface area (Å²) in [5.41, 5.74) is 5.94. The van der Waals surface area contributed by atoms with Gasteiger partial charge in [-0.1, -0.05) is 11.6 Å². The van der Waals surface area contributed by atoms with Crippen molar-refractivity contribution < 1.29 is 4.42 Å². The van der Waals surface area contributed by atoms with Crippen molar-refractivity contribution >= 4 is 22.9 Å². The van der Waals surface area contributed by atoms with E-state index in [9.17, 15) is 0 Å². The molecule has 2 heterocycles. The first-order chi connectivity index (χ1) is 6.29. The van der Waals surface area contributed by atoms with Gasteiger partial charge in [-0.15, -0.1) is 11.3 Å². The maximum atomic E-state index is 5.94. The minimum absolute atomic E-state index is 0.248. The highest BCUT2D eigenvalue weighted by molar-refractivity contribution is 7.10. The van der Waals surface area contributed by atoms with Crippen LogP contribution in [0, 0.1) is 0 Å². The summed E-state index contributed by atoms with van der Waals surface area (Å²) in [5, 5.41) is 2.62. The topological polar surface area (TPSA) is 39.2 Å². The third-order valence-electron chi connectivity index (χ3n) is 1.78. The zero-order valence-electron chi connectivity index (χ0n) is 6.74. The number of rotatable bonds is 2. The fraction of sp³-hybridized carbons (Fsp3) is 0.111. The van der Waals surface area contributed by atoms with Gasteiger partial charge < -0.3 is 10.2 Å². The Labute approximate surface area is 84.9 Å². The Kier molecular flexibility index (Phi) is 2.40. The number of hydrogen-bond acceptors (Lipinski definition) is 3. The average Bonchev–Trinajstić information content (AvgIpc) is 2.72. The van der Waals surface area contributed by atoms with E-state index < -0.39 is 0 Å². The van der Waals surface area contributed by atoms with Gasteiger partial charge in [-0.2, -0.15) is 0 Å². The molecule has 0 bridgehead atoms. The maximum Gasteiger partial charge on any atom is 0.125 e. The highest BCUT2D eigenvalue weighted by atomic mass is 35.5. The summed E-state index contributed by atoms with van der Waals surface area (Å²) in [6.45, 7) is 0. The minimum Gasteiger partial charge on any atom is -0.467 e. The second kappa shape index (κ2) is 3.54. The lowest BCUT2D eigenvalue weighted by atomic mass is 10.2. The SMILES string of the molecule is NC(c1ccco1)c1sccc1Cl. The van der Waals surface area contributed by atoms with Crippen molar-refractivity contribution in [3.05, 3.63) is 45.5 Å². The maximum absolute atomic E-state index is 5.94. The van der Waals surface area contributed by atoms with Crippen LogP contribution in [-0.2, 0) is 0 Å². The molecular formula is C9H8ClNOS. The molecule has 13 heavy (non-hydrogen) atoms. The monoisotopic (exact) mass is 213 g/mol. The summed E-state index contributed by atoms with van der Waals surface area (Å²) in [6, 6.07) is 5.25. The van der Waals surface area contributed by atoms with E-state index in [1.807, 2.05) is 23.6 Å². The smallest absolute Gasteiger partial charge is 0.125 e. The van der Waals surface area contributed by atoms with E-state index in [1.165, 1.54) is 11.3 Å². The van der Waals surface area contributed by atoms with Crippen molar-refractivity contribution in [1.82, 2.24) is 0 Å². The summed E-state index contributed by atoms with van der Waals surface area (Å²) in [4.78, 5) is 0.941. The molecule has 0 aromatic carbocycles. The summed E-state index contributed by atoms with van der Waals surface area (Å²) >= 11 is 7.48. The molecular weight excluding hydrogens is 206 g/mol. The standard InChI is InChI=1S/C9H8ClNOS/c10-6-3-5-13-9(6)8(11)7-2-1-4-12-7/h1-5,8H,11H2. The molecule has 68 valence electrons. The van der Waals surface area contributed by atoms with Crippen LogP contribution >= 0.6 is 22.9 Å². The van der Waals surface area contributed by atoms with Gasteiger partial charge in [0.2, 0.25) is 0 Å². The van der Waals surface area contributed by atoms with Crippen molar-refractivity contribution in [2.45, 2.75) is 6.04 Å². The van der Waals surface area contributed by atoms with Crippen LogP contribution in [0.1, 0.15) is 16.7 Å². The first-order valence-electron chi connectivity index (χ1n) is 3.81. The van der Waals surface area contributed by atoms with Gasteiger partial charge in [0.05, 0.1) is 17.3 Å². The van der Waals surface area contributed by atoms with Crippen LogP contribution in [0.15, 0.2) is 34.3 Å². The minimum atomic E-state index is -0.248. The van der Waals surface area contributed by atoms with Gasteiger partial charge in [0.1, 0.15) is 5.76 Å². The predicted molar refractivity (Wildman–Crippen MR) is 54.1 cm³/mol. The van der Waals surface area contributed by atoms with E-state index in [-0.39, 0.29) is 6.04 Å². The molecule has 1 unspecified atom stereocenters. The summed E-state index contributed by atoms with van der Waals surface area (Å²) in [5.74, 6) is 0.740. The first-order valence-corrected chi connectivity index (χ1v) is 5.06. The van der Waals surface area contributed by atoms with E-state index in [4.69, 9.17) is 21.8 Å². The van der Waals surface area contributed by atoms with E-state index >= 15 is 0 Å². The Bertz CT molecular complexity index is 382. The fourth-order valence-corrected chi connectivity index (χ4v) is 2.31. The van der Waals surface area contributed by atoms with Gasteiger partial charge in [0.15, 0.2) is 0 Å². The quantitative estimate of drug-likeness (QED) is 0.833. The van der Waals surface area contributed by atoms with Crippen LogP contribution in [0.3, 0.4) is 0 Å². The Morgan fingerprint density at radius 1 is 1.46 bits per heavy atom. The van der Waals surface area contributed by atoms with Crippen LogP contribution in [0.4, 0.5) is 0 Å². The van der Waals surface area contributed by atoms with Crippen molar-refractivity contribution in [2.75, 3.05) is 0 Å². The Morgan fingerprint density at radius 3 is 2.85 bits per heavy atom. The molecule has 0 spiro atoms. The van der Waals surface area contributed by atoms with E-state index in [2.05, 4.69) is 0 Å². The van der Waals surface area contributed by atoms with Crippen LogP contribution in [-0.4, -0.2) is 0 Å². The molecule has 0 aliphatic carbocycles. The van der Waals surface area contributed by atoms with Gasteiger partial charge in [-0.05, 0) is 23.6 Å². The molecule has 0 saturated heterocycles. The molecule has 2 nitrogen and oxygen atoms in total. The number of furan rings is 1. The molecule has 4 heteroatoms. The van der Waals surface area contributed by atoms with E-state index in [0.29, 0.717) is 5.02 Å². The van der Waals surface area contributed by atoms with Crippen LogP contribution in [0.25, 0.3) is 0 Å². The fourth-order valence-electron chi connectivity index (χ4n) is 1.12. The van der Waals surface area contributed by atoms with E-state index in [0.717, 1.165) is 10.6 Å². The molecule has 0 radical (unpaired) electrons. The second-order valence-corrected chi connectivity index (χ2v) is 3.98. The van der Waals surface area contributed by atoms with Gasteiger partial charge in [0.25, 0.3) is 0 Å². The summed E-state index contributed by atoms with van der Waals surface area (Å²) in [6.07, 6.45) is 1.61. The highest BCUT2D eigenvalue weighted by Gasteiger charge is 2.15. The number of halogens is 1. The van der Waals surface area contributed by atoms with Gasteiger partial charge >= 0.3 is 0 Å². The number of thiophene rings is 1. The molecule has 2 N–H and O–H groups in total. The van der Waals surface area contributed by atoms with Gasteiger partial charge in [0, 0.05) is 4.88 Å². The average molecular weight is 214 g/mol. The summed E-state index contributed by atoms with van der Waals surface area (Å²) in [7, 11) is 0. The lowest BCUT2D eigenvalue weighted by Crippen LogP contribution is -2.09. The lowest BCUT2D eigenvalue weighted by molar-refractivity contribution is 0.492. The molecule has 2 aromatic heterocycles. The number of hydrogen-bond donors (Lipinski definition) is 1. The largest absolute Gasteiger partial charge is 0.467 e. The van der Waals surface area contributed by atoms with Crippen molar-refractivity contribution in [2.24, 2.45) is 5.73 Å². The number of nitrogens with two attached hydrogens (primary N) is 1. The molecule has 0 saturated carbocycles. The van der Waals surface area contributed by atoms with Crippen molar-refractivity contribution in [1.29, 1.82) is 0 Å². The summed E-state index contributed by atoms with van der Waals surface area (Å²) < 4.78 is 5.20. The Hall–Kier alpha value is -0.770.